The Labute approximate surface area is 114 Å². The maximum atomic E-state index is 12.3. The molecule has 1 fully saturated rings. The van der Waals surface area contributed by atoms with Gasteiger partial charge in [0.15, 0.2) is 0 Å². The van der Waals surface area contributed by atoms with Gasteiger partial charge in [0.2, 0.25) is 11.8 Å². The molecule has 18 heavy (non-hydrogen) atoms. The molecular formula is C13H24N2O2S. The second-order valence-corrected chi connectivity index (χ2v) is 6.00. The van der Waals surface area contributed by atoms with Crippen LogP contribution in [0.15, 0.2) is 0 Å². The smallest absolute Gasteiger partial charge is 0.248 e. The molecule has 4 nitrogen and oxygen atoms in total. The van der Waals surface area contributed by atoms with Crippen LogP contribution in [-0.2, 0) is 9.59 Å². The predicted molar refractivity (Wildman–Crippen MR) is 75.7 cm³/mol. The molecule has 1 unspecified atom stereocenters. The molecule has 0 aromatic heterocycles. The molecule has 2 amide bonds. The molecule has 104 valence electrons. The van der Waals surface area contributed by atoms with E-state index in [0.717, 1.165) is 12.8 Å². The first-order chi connectivity index (χ1) is 8.53. The van der Waals surface area contributed by atoms with Gasteiger partial charge in [0.05, 0.1) is 6.54 Å². The molecule has 1 saturated heterocycles. The number of nitrogens with one attached hydrogen (secondary N) is 1. The van der Waals surface area contributed by atoms with Crippen LogP contribution in [0.1, 0.15) is 39.5 Å². The van der Waals surface area contributed by atoms with Gasteiger partial charge >= 0.3 is 0 Å². The molecule has 1 aliphatic rings. The zero-order chi connectivity index (χ0) is 13.6. The van der Waals surface area contributed by atoms with Gasteiger partial charge < -0.3 is 10.2 Å². The third kappa shape index (κ3) is 3.90. The Bertz CT molecular complexity index is 309. The van der Waals surface area contributed by atoms with E-state index >= 15 is 0 Å². The maximum Gasteiger partial charge on any atom is 0.248 e. The number of hydrogen-bond donors (Lipinski definition) is 1. The molecule has 0 spiro atoms. The lowest BCUT2D eigenvalue weighted by molar-refractivity contribution is -0.149. The van der Waals surface area contributed by atoms with E-state index < -0.39 is 5.54 Å². The van der Waals surface area contributed by atoms with Crippen molar-refractivity contribution >= 4 is 23.6 Å². The Balaban J connectivity index is 2.44. The molecule has 0 bridgehead atoms. The van der Waals surface area contributed by atoms with Crippen molar-refractivity contribution in [2.75, 3.05) is 25.1 Å². The minimum absolute atomic E-state index is 0.0388. The van der Waals surface area contributed by atoms with Gasteiger partial charge in [0.1, 0.15) is 5.54 Å². The van der Waals surface area contributed by atoms with Gasteiger partial charge in [-0.2, -0.15) is 11.8 Å². The van der Waals surface area contributed by atoms with E-state index in [9.17, 15) is 9.59 Å². The van der Waals surface area contributed by atoms with Gasteiger partial charge in [0.25, 0.3) is 0 Å². The summed E-state index contributed by atoms with van der Waals surface area (Å²) in [6.45, 7) is 4.67. The summed E-state index contributed by atoms with van der Waals surface area (Å²) in [5.74, 6) is 1.19. The lowest BCUT2D eigenvalue weighted by Gasteiger charge is -2.39. The highest BCUT2D eigenvalue weighted by atomic mass is 32.2. The Morgan fingerprint density at radius 1 is 1.33 bits per heavy atom. The molecule has 1 aliphatic heterocycles. The second-order valence-electron chi connectivity index (χ2n) is 5.01. The normalized spacial score (nSPS) is 24.3. The molecule has 0 aromatic rings. The first-order valence-electron chi connectivity index (χ1n) is 6.63. The van der Waals surface area contributed by atoms with Crippen LogP contribution < -0.4 is 5.32 Å². The van der Waals surface area contributed by atoms with Crippen LogP contribution in [0.2, 0.25) is 0 Å². The lowest BCUT2D eigenvalue weighted by Crippen LogP contribution is -2.65. The number of carbonyl (C=O) groups is 2. The van der Waals surface area contributed by atoms with Crippen LogP contribution in [0.5, 0.6) is 0 Å². The number of thioether (sulfide) groups is 1. The monoisotopic (exact) mass is 272 g/mol. The fraction of sp³-hybridized carbons (Fsp3) is 0.846. The summed E-state index contributed by atoms with van der Waals surface area (Å²) in [4.78, 5) is 25.6. The molecule has 0 saturated carbocycles. The Morgan fingerprint density at radius 3 is 2.67 bits per heavy atom. The summed E-state index contributed by atoms with van der Waals surface area (Å²) in [5.41, 5.74) is -0.700. The fourth-order valence-corrected chi connectivity index (χ4v) is 2.63. The molecule has 0 aliphatic carbocycles. The van der Waals surface area contributed by atoms with Gasteiger partial charge in [-0.15, -0.1) is 0 Å². The largest absolute Gasteiger partial charge is 0.340 e. The third-order valence-electron chi connectivity index (χ3n) is 3.49. The number of unbranched alkanes of at least 4 members (excludes halogenated alkanes) is 2. The zero-order valence-electron chi connectivity index (χ0n) is 11.6. The average molecular weight is 272 g/mol. The topological polar surface area (TPSA) is 49.4 Å². The predicted octanol–water partition coefficient (Wildman–Crippen LogP) is 1.65. The summed E-state index contributed by atoms with van der Waals surface area (Å²) in [6, 6.07) is 0. The zero-order valence-corrected chi connectivity index (χ0v) is 12.4. The molecule has 1 rings (SSSR count). The van der Waals surface area contributed by atoms with E-state index in [1.165, 1.54) is 12.2 Å². The van der Waals surface area contributed by atoms with E-state index in [1.54, 1.807) is 4.90 Å². The summed E-state index contributed by atoms with van der Waals surface area (Å²) in [5, 5.41) is 2.80. The van der Waals surface area contributed by atoms with Gasteiger partial charge in [-0.3, -0.25) is 9.59 Å². The summed E-state index contributed by atoms with van der Waals surface area (Å²) in [6.07, 6.45) is 6.03. The standard InChI is InChI=1S/C13H24N2O2S/c1-4-13(2)12(17)15(10-11(16)14-13)8-6-5-7-9-18-3/h4-10H2,1-3H3,(H,14,16). The molecular weight excluding hydrogens is 248 g/mol. The van der Waals surface area contributed by atoms with Crippen LogP contribution in [0, 0.1) is 0 Å². The van der Waals surface area contributed by atoms with Gasteiger partial charge in [-0.25, -0.2) is 0 Å². The molecule has 1 heterocycles. The SMILES string of the molecule is CCC1(C)NC(=O)CN(CCCCCSC)C1=O. The minimum atomic E-state index is -0.700. The van der Waals surface area contributed by atoms with Gasteiger partial charge in [-0.1, -0.05) is 13.3 Å². The Hall–Kier alpha value is -0.710. The van der Waals surface area contributed by atoms with E-state index in [4.69, 9.17) is 0 Å². The molecule has 5 heteroatoms. The minimum Gasteiger partial charge on any atom is -0.340 e. The first-order valence-corrected chi connectivity index (χ1v) is 8.02. The van der Waals surface area contributed by atoms with Crippen molar-refractivity contribution in [3.05, 3.63) is 0 Å². The number of rotatable bonds is 7. The van der Waals surface area contributed by atoms with Crippen molar-refractivity contribution in [1.29, 1.82) is 0 Å². The van der Waals surface area contributed by atoms with Crippen LogP contribution in [-0.4, -0.2) is 47.4 Å². The van der Waals surface area contributed by atoms with Crippen molar-refractivity contribution in [2.45, 2.75) is 45.1 Å². The van der Waals surface area contributed by atoms with Crippen molar-refractivity contribution < 1.29 is 9.59 Å². The molecule has 0 aromatic carbocycles. The summed E-state index contributed by atoms with van der Waals surface area (Å²) >= 11 is 1.85. The van der Waals surface area contributed by atoms with Gasteiger partial charge in [0, 0.05) is 6.54 Å². The highest BCUT2D eigenvalue weighted by Gasteiger charge is 2.40. The summed E-state index contributed by atoms with van der Waals surface area (Å²) in [7, 11) is 0. The van der Waals surface area contributed by atoms with Crippen molar-refractivity contribution in [3.63, 3.8) is 0 Å². The van der Waals surface area contributed by atoms with E-state index in [-0.39, 0.29) is 18.4 Å². The van der Waals surface area contributed by atoms with Crippen LogP contribution >= 0.6 is 11.8 Å². The lowest BCUT2D eigenvalue weighted by atomic mass is 9.94. The number of nitrogens with zero attached hydrogens (tertiary/aromatic N) is 1. The quantitative estimate of drug-likeness (QED) is 0.717. The van der Waals surface area contributed by atoms with Crippen molar-refractivity contribution in [3.8, 4) is 0 Å². The highest BCUT2D eigenvalue weighted by molar-refractivity contribution is 7.98. The fourth-order valence-electron chi connectivity index (χ4n) is 2.14. The third-order valence-corrected chi connectivity index (χ3v) is 4.19. The first kappa shape index (κ1) is 15.3. The van der Waals surface area contributed by atoms with Gasteiger partial charge in [-0.05, 0) is 38.2 Å². The molecule has 1 N–H and O–H groups in total. The van der Waals surface area contributed by atoms with E-state index in [0.29, 0.717) is 13.0 Å². The van der Waals surface area contributed by atoms with E-state index in [2.05, 4.69) is 11.6 Å². The summed E-state index contributed by atoms with van der Waals surface area (Å²) < 4.78 is 0. The second kappa shape index (κ2) is 7.02. The number of piperazine rings is 1. The van der Waals surface area contributed by atoms with Crippen molar-refractivity contribution in [1.82, 2.24) is 10.2 Å². The number of amides is 2. The van der Waals surface area contributed by atoms with Crippen LogP contribution in [0.4, 0.5) is 0 Å². The molecule has 1 atom stereocenters. The van der Waals surface area contributed by atoms with Crippen LogP contribution in [0.25, 0.3) is 0 Å². The Morgan fingerprint density at radius 2 is 2.06 bits per heavy atom. The number of carbonyl (C=O) groups excluding carboxylic acids is 2. The number of hydrogen-bond acceptors (Lipinski definition) is 3. The highest BCUT2D eigenvalue weighted by Crippen LogP contribution is 2.18. The van der Waals surface area contributed by atoms with Crippen molar-refractivity contribution in [2.24, 2.45) is 0 Å². The van der Waals surface area contributed by atoms with E-state index in [1.807, 2.05) is 25.6 Å². The Kier molecular flexibility index (Phi) is 5.99. The van der Waals surface area contributed by atoms with Crippen LogP contribution in [0.3, 0.4) is 0 Å². The average Bonchev–Trinajstić information content (AvgIpc) is 2.34. The molecule has 0 radical (unpaired) electrons. The maximum absolute atomic E-state index is 12.3.